The van der Waals surface area contributed by atoms with E-state index in [9.17, 15) is 4.79 Å². The Labute approximate surface area is 161 Å². The zero-order valence-corrected chi connectivity index (χ0v) is 17.0. The van der Waals surface area contributed by atoms with Crippen molar-refractivity contribution in [3.05, 3.63) is 23.9 Å². The fourth-order valence-electron chi connectivity index (χ4n) is 1.76. The number of guanidine groups is 1. The standard InChI is InChI=1S/C8H18N4O2.C7H10N4.C2H6/c1-8(2,3)5(7(13)14)4-6(11-9)12-10;1-5-2-3-6(10-4-5)11-7(8)9;1-2/h5H,4,9-10H2,1-3H3,(H,11,12)(H,13,14);2-4H,1H3,(H4,8,9,10,11);1-2H3. The van der Waals surface area contributed by atoms with Crippen molar-refractivity contribution in [3.8, 4) is 0 Å². The Bertz CT molecular complexity index is 602. The van der Waals surface area contributed by atoms with Gasteiger partial charge in [0.1, 0.15) is 5.84 Å². The van der Waals surface area contributed by atoms with E-state index >= 15 is 0 Å². The van der Waals surface area contributed by atoms with Crippen molar-refractivity contribution in [1.29, 1.82) is 0 Å². The first kappa shape index (κ1) is 26.4. The van der Waals surface area contributed by atoms with Crippen LogP contribution in [0.4, 0.5) is 5.82 Å². The molecule has 1 heterocycles. The molecule has 27 heavy (non-hydrogen) atoms. The average Bonchev–Trinajstić information content (AvgIpc) is 2.58. The molecule has 1 aromatic heterocycles. The fourth-order valence-corrected chi connectivity index (χ4v) is 1.76. The number of nitrogens with two attached hydrogens (primary N) is 4. The maximum atomic E-state index is 10.9. The van der Waals surface area contributed by atoms with Crippen LogP contribution in [0.2, 0.25) is 0 Å². The number of hydrogen-bond acceptors (Lipinski definition) is 6. The summed E-state index contributed by atoms with van der Waals surface area (Å²) >= 11 is 0. The van der Waals surface area contributed by atoms with Crippen molar-refractivity contribution >= 4 is 23.6 Å². The van der Waals surface area contributed by atoms with Crippen LogP contribution >= 0.6 is 0 Å². The molecule has 10 heteroatoms. The first-order valence-corrected chi connectivity index (χ1v) is 8.49. The summed E-state index contributed by atoms with van der Waals surface area (Å²) in [6, 6.07) is 3.66. The maximum Gasteiger partial charge on any atom is 0.307 e. The molecule has 10 N–H and O–H groups in total. The van der Waals surface area contributed by atoms with Crippen LogP contribution in [0.15, 0.2) is 28.4 Å². The molecule has 1 unspecified atom stereocenters. The predicted octanol–water partition coefficient (Wildman–Crippen LogP) is 1.18. The summed E-state index contributed by atoms with van der Waals surface area (Å²) in [5.74, 6) is 9.55. The molecule has 1 aromatic rings. The van der Waals surface area contributed by atoms with Crippen LogP contribution in [0, 0.1) is 18.3 Å². The number of hydrazone groups is 1. The smallest absolute Gasteiger partial charge is 0.307 e. The van der Waals surface area contributed by atoms with E-state index in [2.05, 4.69) is 20.5 Å². The SMILES string of the molecule is CC.CC(C)(C)C(C/C(=N/N)NN)C(=O)O.Cc1ccc(N=C(N)N)nc1. The topological polar surface area (TPSA) is 191 Å². The number of amidine groups is 1. The molecule has 0 fully saturated rings. The van der Waals surface area contributed by atoms with Gasteiger partial charge in [0.15, 0.2) is 11.8 Å². The number of aromatic nitrogens is 1. The monoisotopic (exact) mass is 382 g/mol. The van der Waals surface area contributed by atoms with Crippen molar-refractivity contribution in [2.45, 2.75) is 48.0 Å². The number of carboxylic acids is 1. The zero-order valence-electron chi connectivity index (χ0n) is 17.0. The van der Waals surface area contributed by atoms with Gasteiger partial charge in [-0.15, -0.1) is 0 Å². The third-order valence-electron chi connectivity index (χ3n) is 3.20. The van der Waals surface area contributed by atoms with Crippen molar-refractivity contribution in [2.75, 3.05) is 0 Å². The average molecular weight is 383 g/mol. The second kappa shape index (κ2) is 13.3. The first-order valence-electron chi connectivity index (χ1n) is 8.49. The Morgan fingerprint density at radius 2 is 1.85 bits per heavy atom. The van der Waals surface area contributed by atoms with Gasteiger partial charge < -0.3 is 27.8 Å². The molecule has 154 valence electrons. The minimum absolute atomic E-state index is 0.0290. The third-order valence-corrected chi connectivity index (χ3v) is 3.20. The van der Waals surface area contributed by atoms with Crippen molar-refractivity contribution in [3.63, 3.8) is 0 Å². The Balaban J connectivity index is 0. The van der Waals surface area contributed by atoms with E-state index in [1.54, 1.807) is 12.3 Å². The van der Waals surface area contributed by atoms with Gasteiger partial charge >= 0.3 is 5.97 Å². The second-order valence-electron chi connectivity index (χ2n) is 6.41. The lowest BCUT2D eigenvalue weighted by Crippen LogP contribution is -2.38. The number of aryl methyl sites for hydroxylation is 1. The van der Waals surface area contributed by atoms with Crippen LogP contribution in [-0.2, 0) is 4.79 Å². The van der Waals surface area contributed by atoms with E-state index in [1.807, 2.05) is 47.6 Å². The highest BCUT2D eigenvalue weighted by Crippen LogP contribution is 2.28. The Morgan fingerprint density at radius 3 is 2.15 bits per heavy atom. The third kappa shape index (κ3) is 12.2. The van der Waals surface area contributed by atoms with Gasteiger partial charge in [-0.1, -0.05) is 40.7 Å². The van der Waals surface area contributed by atoms with Crippen molar-refractivity contribution < 1.29 is 9.90 Å². The number of aliphatic carboxylic acids is 1. The van der Waals surface area contributed by atoms with Crippen LogP contribution in [0.3, 0.4) is 0 Å². The molecular formula is C17H34N8O2. The van der Waals surface area contributed by atoms with Gasteiger partial charge in [0.05, 0.1) is 5.92 Å². The lowest BCUT2D eigenvalue weighted by Gasteiger charge is -2.26. The second-order valence-corrected chi connectivity index (χ2v) is 6.41. The lowest BCUT2D eigenvalue weighted by molar-refractivity contribution is -0.145. The summed E-state index contributed by atoms with van der Waals surface area (Å²) in [6.45, 7) is 11.5. The highest BCUT2D eigenvalue weighted by molar-refractivity contribution is 5.86. The summed E-state index contributed by atoms with van der Waals surface area (Å²) in [5, 5.41) is 12.3. The van der Waals surface area contributed by atoms with E-state index in [0.29, 0.717) is 5.82 Å². The quantitative estimate of drug-likeness (QED) is 0.193. The highest BCUT2D eigenvalue weighted by Gasteiger charge is 2.32. The number of nitrogens with zero attached hydrogens (tertiary/aromatic N) is 3. The molecular weight excluding hydrogens is 348 g/mol. The molecule has 0 radical (unpaired) electrons. The Morgan fingerprint density at radius 1 is 1.30 bits per heavy atom. The van der Waals surface area contributed by atoms with Gasteiger partial charge in [-0.2, -0.15) is 10.1 Å². The fraction of sp³-hybridized carbons (Fsp3) is 0.529. The summed E-state index contributed by atoms with van der Waals surface area (Å²) in [7, 11) is 0. The van der Waals surface area contributed by atoms with Gasteiger partial charge in [-0.25, -0.2) is 10.8 Å². The first-order chi connectivity index (χ1) is 12.5. The molecule has 0 aliphatic heterocycles. The number of hydrazine groups is 1. The number of nitrogens with one attached hydrogen (secondary N) is 1. The van der Waals surface area contributed by atoms with Gasteiger partial charge in [0, 0.05) is 12.6 Å². The van der Waals surface area contributed by atoms with E-state index in [0.717, 1.165) is 5.56 Å². The molecule has 0 aromatic carbocycles. The highest BCUT2D eigenvalue weighted by atomic mass is 16.4. The molecule has 0 aliphatic carbocycles. The molecule has 0 bridgehead atoms. The number of carbonyl (C=O) groups is 1. The van der Waals surface area contributed by atoms with Crippen LogP contribution in [-0.4, -0.2) is 27.9 Å². The van der Waals surface area contributed by atoms with E-state index in [4.69, 9.17) is 28.3 Å². The molecule has 1 rings (SSSR count). The molecule has 0 aliphatic rings. The van der Waals surface area contributed by atoms with Gasteiger partial charge in [0.2, 0.25) is 0 Å². The predicted molar refractivity (Wildman–Crippen MR) is 110 cm³/mol. The molecule has 1 atom stereocenters. The summed E-state index contributed by atoms with van der Waals surface area (Å²) in [4.78, 5) is 18.7. The minimum atomic E-state index is -0.881. The Hall–Kier alpha value is -2.88. The van der Waals surface area contributed by atoms with Gasteiger partial charge in [-0.05, 0) is 24.0 Å². The molecule has 0 spiro atoms. The number of pyridine rings is 1. The molecule has 10 nitrogen and oxygen atoms in total. The van der Waals surface area contributed by atoms with Crippen molar-refractivity contribution in [2.24, 2.45) is 44.6 Å². The summed E-state index contributed by atoms with van der Waals surface area (Å²) in [5.41, 5.74) is 13.3. The number of rotatable bonds is 4. The maximum absolute atomic E-state index is 10.9. The zero-order chi connectivity index (χ0) is 21.6. The normalized spacial score (nSPS) is 11.7. The molecule has 0 saturated heterocycles. The Kier molecular flexibility index (Phi) is 13.0. The van der Waals surface area contributed by atoms with E-state index in [1.165, 1.54) is 0 Å². The van der Waals surface area contributed by atoms with Crippen molar-refractivity contribution in [1.82, 2.24) is 10.4 Å². The van der Waals surface area contributed by atoms with E-state index in [-0.39, 0.29) is 23.6 Å². The number of hydrogen-bond donors (Lipinski definition) is 6. The number of carboxylic acid groups (broad SMARTS) is 1. The summed E-state index contributed by atoms with van der Waals surface area (Å²) in [6.07, 6.45) is 1.91. The summed E-state index contributed by atoms with van der Waals surface area (Å²) < 4.78 is 0. The van der Waals surface area contributed by atoms with Gasteiger partial charge in [0.25, 0.3) is 0 Å². The van der Waals surface area contributed by atoms with E-state index < -0.39 is 11.9 Å². The lowest BCUT2D eigenvalue weighted by atomic mass is 9.78. The largest absolute Gasteiger partial charge is 0.481 e. The number of aliphatic imine (C=N–C) groups is 1. The molecule has 0 saturated carbocycles. The molecule has 0 amide bonds. The van der Waals surface area contributed by atoms with Gasteiger partial charge in [-0.3, -0.25) is 4.79 Å². The van der Waals surface area contributed by atoms with Crippen LogP contribution in [0.1, 0.15) is 46.6 Å². The van der Waals surface area contributed by atoms with Crippen LogP contribution < -0.4 is 28.6 Å². The van der Waals surface area contributed by atoms with Crippen LogP contribution in [0.5, 0.6) is 0 Å². The van der Waals surface area contributed by atoms with Crippen LogP contribution in [0.25, 0.3) is 0 Å². The minimum Gasteiger partial charge on any atom is -0.481 e.